The van der Waals surface area contributed by atoms with E-state index in [2.05, 4.69) is 30.8 Å². The first-order chi connectivity index (χ1) is 15.1. The lowest BCUT2D eigenvalue weighted by Crippen LogP contribution is -2.05. The molecule has 0 fully saturated rings. The molecule has 2 aromatic heterocycles. The third-order valence-electron chi connectivity index (χ3n) is 4.68. The summed E-state index contributed by atoms with van der Waals surface area (Å²) in [5, 5.41) is 15.2. The van der Waals surface area contributed by atoms with Gasteiger partial charge in [0.05, 0.1) is 21.3 Å². The number of anilines is 3. The van der Waals surface area contributed by atoms with Gasteiger partial charge in [0.1, 0.15) is 17.5 Å². The SMILES string of the molecule is COc1ccc(CNc2n[nH]c3ncnc(Nc4cccc(Cl)c4)c23)c(OC)c1OC. The summed E-state index contributed by atoms with van der Waals surface area (Å²) in [6, 6.07) is 11.1. The highest BCUT2D eigenvalue weighted by Gasteiger charge is 2.18. The Labute approximate surface area is 183 Å². The normalized spacial score (nSPS) is 10.7. The van der Waals surface area contributed by atoms with Gasteiger partial charge in [0.2, 0.25) is 5.75 Å². The Bertz CT molecular complexity index is 1210. The van der Waals surface area contributed by atoms with E-state index >= 15 is 0 Å². The van der Waals surface area contributed by atoms with Crippen LogP contribution in [0.5, 0.6) is 17.2 Å². The number of benzene rings is 2. The monoisotopic (exact) mass is 440 g/mol. The minimum absolute atomic E-state index is 0.426. The number of halogens is 1. The van der Waals surface area contributed by atoms with Crippen LogP contribution in [0.1, 0.15) is 5.56 Å². The lowest BCUT2D eigenvalue weighted by atomic mass is 10.1. The number of hydrogen-bond donors (Lipinski definition) is 3. The standard InChI is InChI=1S/C21H21ClN6O3/c1-29-15-8-7-12(17(30-2)18(15)31-3)10-23-20-16-19(24-11-25-21(16)28-27-20)26-14-6-4-5-13(22)9-14/h4-9,11H,10H2,1-3H3,(H3,23,24,25,26,27,28). The number of ether oxygens (including phenoxy) is 3. The molecular formula is C21H21ClN6O3. The van der Waals surface area contributed by atoms with Crippen LogP contribution in [-0.2, 0) is 6.54 Å². The zero-order valence-corrected chi connectivity index (χ0v) is 17.9. The molecule has 0 atom stereocenters. The van der Waals surface area contributed by atoms with E-state index in [-0.39, 0.29) is 0 Å². The van der Waals surface area contributed by atoms with Crippen molar-refractivity contribution in [1.82, 2.24) is 20.2 Å². The number of rotatable bonds is 8. The zero-order chi connectivity index (χ0) is 21.8. The van der Waals surface area contributed by atoms with E-state index in [4.69, 9.17) is 25.8 Å². The van der Waals surface area contributed by atoms with Crippen LogP contribution in [0.25, 0.3) is 11.0 Å². The molecule has 4 aromatic rings. The maximum Gasteiger partial charge on any atom is 0.203 e. The smallest absolute Gasteiger partial charge is 0.203 e. The lowest BCUT2D eigenvalue weighted by Gasteiger charge is -2.16. The van der Waals surface area contributed by atoms with Crippen LogP contribution in [0, 0.1) is 0 Å². The van der Waals surface area contributed by atoms with Gasteiger partial charge in [-0.15, -0.1) is 0 Å². The van der Waals surface area contributed by atoms with Gasteiger partial charge in [-0.25, -0.2) is 9.97 Å². The summed E-state index contributed by atoms with van der Waals surface area (Å²) < 4.78 is 16.4. The van der Waals surface area contributed by atoms with Crippen LogP contribution in [0.15, 0.2) is 42.7 Å². The number of hydrogen-bond acceptors (Lipinski definition) is 8. The fourth-order valence-electron chi connectivity index (χ4n) is 3.27. The van der Waals surface area contributed by atoms with Crippen molar-refractivity contribution in [1.29, 1.82) is 0 Å². The van der Waals surface area contributed by atoms with E-state index in [9.17, 15) is 0 Å². The van der Waals surface area contributed by atoms with Gasteiger partial charge in [-0.3, -0.25) is 5.10 Å². The molecule has 0 radical (unpaired) electrons. The largest absolute Gasteiger partial charge is 0.493 e. The highest BCUT2D eigenvalue weighted by atomic mass is 35.5. The van der Waals surface area contributed by atoms with E-state index in [0.717, 1.165) is 16.6 Å². The Morgan fingerprint density at radius 1 is 0.968 bits per heavy atom. The van der Waals surface area contributed by atoms with Gasteiger partial charge in [-0.2, -0.15) is 5.10 Å². The second kappa shape index (κ2) is 8.97. The number of H-pyrrole nitrogens is 1. The Hall–Kier alpha value is -3.72. The second-order valence-electron chi connectivity index (χ2n) is 6.50. The van der Waals surface area contributed by atoms with Crippen LogP contribution < -0.4 is 24.8 Å². The van der Waals surface area contributed by atoms with E-state index in [1.54, 1.807) is 21.3 Å². The summed E-state index contributed by atoms with van der Waals surface area (Å²) in [6.45, 7) is 0.426. The fraction of sp³-hybridized carbons (Fsp3) is 0.190. The summed E-state index contributed by atoms with van der Waals surface area (Å²) in [7, 11) is 4.75. The van der Waals surface area contributed by atoms with Gasteiger partial charge < -0.3 is 24.8 Å². The van der Waals surface area contributed by atoms with Crippen LogP contribution in [0.2, 0.25) is 5.02 Å². The number of aromatic nitrogens is 4. The molecule has 0 aliphatic rings. The van der Waals surface area contributed by atoms with Crippen molar-refractivity contribution in [3.05, 3.63) is 53.3 Å². The molecule has 31 heavy (non-hydrogen) atoms. The first-order valence-corrected chi connectivity index (χ1v) is 9.75. The Balaban J connectivity index is 1.64. The average Bonchev–Trinajstić information content (AvgIpc) is 3.21. The van der Waals surface area contributed by atoms with Crippen LogP contribution in [0.3, 0.4) is 0 Å². The maximum absolute atomic E-state index is 6.10. The Kier molecular flexibility index (Phi) is 5.94. The third kappa shape index (κ3) is 4.13. The topological polar surface area (TPSA) is 106 Å². The quantitative estimate of drug-likeness (QED) is 0.370. The van der Waals surface area contributed by atoms with Crippen molar-refractivity contribution in [3.63, 3.8) is 0 Å². The van der Waals surface area contributed by atoms with E-state index < -0.39 is 0 Å². The molecule has 2 aromatic carbocycles. The number of methoxy groups -OCH3 is 3. The minimum Gasteiger partial charge on any atom is -0.493 e. The van der Waals surface area contributed by atoms with Crippen LogP contribution in [-0.4, -0.2) is 41.5 Å². The van der Waals surface area contributed by atoms with Gasteiger partial charge in [0.25, 0.3) is 0 Å². The van der Waals surface area contributed by atoms with Crippen LogP contribution >= 0.6 is 11.6 Å². The molecule has 3 N–H and O–H groups in total. The van der Waals surface area contributed by atoms with Crippen molar-refractivity contribution in [3.8, 4) is 17.2 Å². The first-order valence-electron chi connectivity index (χ1n) is 9.38. The molecule has 10 heteroatoms. The molecule has 0 aliphatic carbocycles. The van der Waals surface area contributed by atoms with Crippen molar-refractivity contribution >= 4 is 40.0 Å². The molecule has 0 amide bonds. The summed E-state index contributed by atoms with van der Waals surface area (Å²) in [5.74, 6) is 2.90. The molecule has 160 valence electrons. The third-order valence-corrected chi connectivity index (χ3v) is 4.91. The van der Waals surface area contributed by atoms with Crippen LogP contribution in [0.4, 0.5) is 17.3 Å². The predicted molar refractivity (Wildman–Crippen MR) is 120 cm³/mol. The van der Waals surface area contributed by atoms with E-state index in [1.165, 1.54) is 6.33 Å². The summed E-state index contributed by atoms with van der Waals surface area (Å²) in [4.78, 5) is 8.64. The molecule has 0 spiro atoms. The highest BCUT2D eigenvalue weighted by molar-refractivity contribution is 6.30. The van der Waals surface area contributed by atoms with Crippen molar-refractivity contribution in [2.75, 3.05) is 32.0 Å². The Morgan fingerprint density at radius 2 is 1.81 bits per heavy atom. The maximum atomic E-state index is 6.10. The molecule has 4 rings (SSSR count). The first kappa shape index (κ1) is 20.5. The molecular weight excluding hydrogens is 420 g/mol. The number of nitrogens with zero attached hydrogens (tertiary/aromatic N) is 3. The minimum atomic E-state index is 0.426. The zero-order valence-electron chi connectivity index (χ0n) is 17.2. The molecule has 0 aliphatic heterocycles. The van der Waals surface area contributed by atoms with Gasteiger partial charge in [-0.1, -0.05) is 17.7 Å². The van der Waals surface area contributed by atoms with Gasteiger partial charge in [0.15, 0.2) is 23.0 Å². The number of nitrogens with one attached hydrogen (secondary N) is 3. The van der Waals surface area contributed by atoms with E-state index in [0.29, 0.717) is 46.1 Å². The summed E-state index contributed by atoms with van der Waals surface area (Å²) in [5.41, 5.74) is 2.28. The molecule has 0 saturated heterocycles. The fourth-order valence-corrected chi connectivity index (χ4v) is 3.46. The average molecular weight is 441 g/mol. The summed E-state index contributed by atoms with van der Waals surface area (Å²) >= 11 is 6.10. The molecule has 0 saturated carbocycles. The van der Waals surface area contributed by atoms with Crippen molar-refractivity contribution in [2.45, 2.75) is 6.54 Å². The number of aromatic amines is 1. The van der Waals surface area contributed by atoms with Crippen molar-refractivity contribution < 1.29 is 14.2 Å². The highest BCUT2D eigenvalue weighted by Crippen LogP contribution is 2.40. The lowest BCUT2D eigenvalue weighted by molar-refractivity contribution is 0.322. The van der Waals surface area contributed by atoms with Gasteiger partial charge in [0, 0.05) is 22.8 Å². The van der Waals surface area contributed by atoms with Crippen molar-refractivity contribution in [2.24, 2.45) is 0 Å². The summed E-state index contributed by atoms with van der Waals surface area (Å²) in [6.07, 6.45) is 1.47. The second-order valence-corrected chi connectivity index (χ2v) is 6.94. The predicted octanol–water partition coefficient (Wildman–Crippen LogP) is 4.39. The molecule has 0 unspecified atom stereocenters. The van der Waals surface area contributed by atoms with E-state index in [1.807, 2.05) is 36.4 Å². The Morgan fingerprint density at radius 3 is 2.55 bits per heavy atom. The molecule has 2 heterocycles. The van der Waals surface area contributed by atoms with Gasteiger partial charge in [-0.05, 0) is 30.3 Å². The molecule has 9 nitrogen and oxygen atoms in total. The number of fused-ring (bicyclic) bond motifs is 1. The molecule has 0 bridgehead atoms. The van der Waals surface area contributed by atoms with Gasteiger partial charge >= 0.3 is 0 Å².